The van der Waals surface area contributed by atoms with Crippen molar-refractivity contribution < 1.29 is 0 Å². The summed E-state index contributed by atoms with van der Waals surface area (Å²) >= 11 is 0. The molecule has 0 aliphatic rings. The molecule has 78 valence electrons. The van der Waals surface area contributed by atoms with Gasteiger partial charge in [-0.05, 0) is 19.0 Å². The van der Waals surface area contributed by atoms with Crippen LogP contribution >= 0.6 is 0 Å². The van der Waals surface area contributed by atoms with Gasteiger partial charge in [0, 0.05) is 0 Å². The molecule has 0 aliphatic carbocycles. The van der Waals surface area contributed by atoms with Crippen molar-refractivity contribution in [2.45, 2.75) is 12.5 Å². The lowest BCUT2D eigenvalue weighted by Gasteiger charge is -2.12. The predicted molar refractivity (Wildman–Crippen MR) is 58.3 cm³/mol. The van der Waals surface area contributed by atoms with Crippen molar-refractivity contribution in [2.24, 2.45) is 0 Å². The number of aromatic nitrogens is 3. The van der Waals surface area contributed by atoms with E-state index in [1.54, 1.807) is 0 Å². The average molecular weight is 202 g/mol. The van der Waals surface area contributed by atoms with Crippen LogP contribution in [-0.4, -0.2) is 22.2 Å². The highest BCUT2D eigenvalue weighted by molar-refractivity contribution is 5.17. The lowest BCUT2D eigenvalue weighted by Crippen LogP contribution is -2.20. The Hall–Kier alpha value is -1.68. The Labute approximate surface area is 88.8 Å². The van der Waals surface area contributed by atoms with Crippen LogP contribution in [-0.2, 0) is 6.42 Å². The first-order valence-electron chi connectivity index (χ1n) is 4.96. The van der Waals surface area contributed by atoms with Crippen LogP contribution in [0.3, 0.4) is 0 Å². The Kier molecular flexibility index (Phi) is 3.09. The molecular weight excluding hydrogens is 188 g/mol. The van der Waals surface area contributed by atoms with E-state index in [4.69, 9.17) is 0 Å². The first-order chi connectivity index (χ1) is 7.40. The summed E-state index contributed by atoms with van der Waals surface area (Å²) < 4.78 is 0. The Morgan fingerprint density at radius 3 is 2.73 bits per heavy atom. The lowest BCUT2D eigenvalue weighted by atomic mass is 10.1. The van der Waals surface area contributed by atoms with Crippen LogP contribution in [0.15, 0.2) is 36.7 Å². The summed E-state index contributed by atoms with van der Waals surface area (Å²) in [5, 5.41) is 9.96. The van der Waals surface area contributed by atoms with Crippen molar-refractivity contribution in [3.05, 3.63) is 48.0 Å². The molecule has 2 rings (SSSR count). The number of hydrogen-bond donors (Lipinski definition) is 2. The SMILES string of the molecule is CNC(Cc1ccccc1)c1ncn[nH]1. The lowest BCUT2D eigenvalue weighted by molar-refractivity contribution is 0.560. The Balaban J connectivity index is 2.10. The second-order valence-corrected chi connectivity index (χ2v) is 3.40. The molecule has 0 aliphatic heterocycles. The van der Waals surface area contributed by atoms with Gasteiger partial charge in [-0.2, -0.15) is 5.10 Å². The van der Waals surface area contributed by atoms with Crippen LogP contribution in [0.25, 0.3) is 0 Å². The number of rotatable bonds is 4. The maximum atomic E-state index is 4.15. The van der Waals surface area contributed by atoms with Crippen LogP contribution in [0.5, 0.6) is 0 Å². The molecule has 2 aromatic rings. The number of likely N-dealkylation sites (N-methyl/N-ethyl adjacent to an activating group) is 1. The summed E-state index contributed by atoms with van der Waals surface area (Å²) in [4.78, 5) is 4.15. The van der Waals surface area contributed by atoms with Gasteiger partial charge in [0.1, 0.15) is 12.2 Å². The zero-order valence-electron chi connectivity index (χ0n) is 8.64. The minimum Gasteiger partial charge on any atom is -0.310 e. The molecule has 1 unspecified atom stereocenters. The number of nitrogens with one attached hydrogen (secondary N) is 2. The second-order valence-electron chi connectivity index (χ2n) is 3.40. The molecule has 0 bridgehead atoms. The maximum absolute atomic E-state index is 4.15. The van der Waals surface area contributed by atoms with E-state index in [0.717, 1.165) is 12.2 Å². The van der Waals surface area contributed by atoms with E-state index < -0.39 is 0 Å². The van der Waals surface area contributed by atoms with E-state index in [1.807, 2.05) is 25.2 Å². The Bertz CT molecular complexity index is 382. The van der Waals surface area contributed by atoms with Crippen molar-refractivity contribution in [3.8, 4) is 0 Å². The van der Waals surface area contributed by atoms with Crippen LogP contribution in [0, 0.1) is 0 Å². The molecule has 1 aromatic carbocycles. The van der Waals surface area contributed by atoms with Gasteiger partial charge in [0.15, 0.2) is 0 Å². The molecule has 0 radical (unpaired) electrons. The molecule has 0 saturated heterocycles. The van der Waals surface area contributed by atoms with Crippen LogP contribution in [0.2, 0.25) is 0 Å². The van der Waals surface area contributed by atoms with E-state index >= 15 is 0 Å². The number of nitrogens with zero attached hydrogens (tertiary/aromatic N) is 2. The third-order valence-corrected chi connectivity index (χ3v) is 2.39. The second kappa shape index (κ2) is 4.70. The molecule has 0 saturated carbocycles. The smallest absolute Gasteiger partial charge is 0.141 e. The zero-order valence-corrected chi connectivity index (χ0v) is 8.64. The highest BCUT2D eigenvalue weighted by atomic mass is 15.2. The summed E-state index contributed by atoms with van der Waals surface area (Å²) in [7, 11) is 1.93. The molecule has 1 aromatic heterocycles. The summed E-state index contributed by atoms with van der Waals surface area (Å²) in [6.07, 6.45) is 2.44. The molecule has 2 N–H and O–H groups in total. The molecule has 1 atom stereocenters. The minimum absolute atomic E-state index is 0.190. The van der Waals surface area contributed by atoms with E-state index in [9.17, 15) is 0 Å². The topological polar surface area (TPSA) is 53.6 Å². The van der Waals surface area contributed by atoms with E-state index in [0.29, 0.717) is 0 Å². The van der Waals surface area contributed by atoms with E-state index in [2.05, 4.69) is 32.6 Å². The third-order valence-electron chi connectivity index (χ3n) is 2.39. The van der Waals surface area contributed by atoms with Gasteiger partial charge in [-0.3, -0.25) is 5.10 Å². The van der Waals surface area contributed by atoms with Gasteiger partial charge in [0.05, 0.1) is 6.04 Å². The summed E-state index contributed by atoms with van der Waals surface area (Å²) in [6.45, 7) is 0. The standard InChI is InChI=1S/C11H14N4/c1-12-10(11-13-8-14-15-11)7-9-5-3-2-4-6-9/h2-6,8,10,12H,7H2,1H3,(H,13,14,15). The zero-order chi connectivity index (χ0) is 10.5. The Morgan fingerprint density at radius 1 is 1.33 bits per heavy atom. The van der Waals surface area contributed by atoms with Crippen LogP contribution in [0.4, 0.5) is 0 Å². The molecule has 0 fully saturated rings. The fraction of sp³-hybridized carbons (Fsp3) is 0.273. The van der Waals surface area contributed by atoms with Crippen molar-refractivity contribution in [1.29, 1.82) is 0 Å². The summed E-state index contributed by atoms with van der Waals surface area (Å²) in [5.41, 5.74) is 1.29. The van der Waals surface area contributed by atoms with E-state index in [1.165, 1.54) is 11.9 Å². The predicted octanol–water partition coefficient (Wildman–Crippen LogP) is 1.31. The van der Waals surface area contributed by atoms with Gasteiger partial charge in [-0.25, -0.2) is 4.98 Å². The van der Waals surface area contributed by atoms with Gasteiger partial charge in [-0.15, -0.1) is 0 Å². The Morgan fingerprint density at radius 2 is 2.13 bits per heavy atom. The first-order valence-corrected chi connectivity index (χ1v) is 4.96. The molecule has 4 nitrogen and oxygen atoms in total. The number of aromatic amines is 1. The molecule has 1 heterocycles. The molecule has 15 heavy (non-hydrogen) atoms. The summed E-state index contributed by atoms with van der Waals surface area (Å²) in [6, 6.07) is 10.5. The first kappa shape index (κ1) is 9.86. The van der Waals surface area contributed by atoms with Gasteiger partial charge < -0.3 is 5.32 Å². The van der Waals surface area contributed by atoms with Gasteiger partial charge in [0.2, 0.25) is 0 Å². The number of H-pyrrole nitrogens is 1. The van der Waals surface area contributed by atoms with Crippen molar-refractivity contribution in [3.63, 3.8) is 0 Å². The monoisotopic (exact) mass is 202 g/mol. The highest BCUT2D eigenvalue weighted by Crippen LogP contribution is 2.13. The van der Waals surface area contributed by atoms with Crippen LogP contribution in [0.1, 0.15) is 17.4 Å². The van der Waals surface area contributed by atoms with Crippen molar-refractivity contribution in [1.82, 2.24) is 20.5 Å². The fourth-order valence-electron chi connectivity index (χ4n) is 1.57. The number of hydrogen-bond acceptors (Lipinski definition) is 3. The van der Waals surface area contributed by atoms with Gasteiger partial charge in [0.25, 0.3) is 0 Å². The maximum Gasteiger partial charge on any atom is 0.141 e. The molecular formula is C11H14N4. The van der Waals surface area contributed by atoms with Crippen LogP contribution < -0.4 is 5.32 Å². The normalized spacial score (nSPS) is 12.6. The van der Waals surface area contributed by atoms with Crippen molar-refractivity contribution >= 4 is 0 Å². The highest BCUT2D eigenvalue weighted by Gasteiger charge is 2.12. The molecule has 0 spiro atoms. The summed E-state index contributed by atoms with van der Waals surface area (Å²) in [5.74, 6) is 0.876. The quantitative estimate of drug-likeness (QED) is 0.786. The van der Waals surface area contributed by atoms with Crippen molar-refractivity contribution in [2.75, 3.05) is 7.05 Å². The average Bonchev–Trinajstić information content (AvgIpc) is 2.81. The fourth-order valence-corrected chi connectivity index (χ4v) is 1.57. The van der Waals surface area contributed by atoms with E-state index in [-0.39, 0.29) is 6.04 Å². The number of benzene rings is 1. The molecule has 0 amide bonds. The van der Waals surface area contributed by atoms with Gasteiger partial charge in [-0.1, -0.05) is 30.3 Å². The third kappa shape index (κ3) is 2.41. The minimum atomic E-state index is 0.190. The van der Waals surface area contributed by atoms with Gasteiger partial charge >= 0.3 is 0 Å². The molecule has 4 heteroatoms. The largest absolute Gasteiger partial charge is 0.310 e.